The van der Waals surface area contributed by atoms with Gasteiger partial charge < -0.3 is 4.90 Å². The second-order valence-electron chi connectivity index (χ2n) is 10.9. The van der Waals surface area contributed by atoms with Gasteiger partial charge in [0.05, 0.1) is 24.9 Å². The molecule has 0 bridgehead atoms. The molecule has 1 N–H and O–H groups in total. The van der Waals surface area contributed by atoms with E-state index in [1.165, 1.54) is 11.0 Å². The molecule has 4 atom stereocenters. The molecule has 194 valence electrons. The molecule has 3 amide bonds. The highest BCUT2D eigenvalue weighted by Crippen LogP contribution is 2.55. The predicted molar refractivity (Wildman–Crippen MR) is 141 cm³/mol. The number of nitrogens with zero attached hydrogens (tertiary/aromatic N) is 2. The molecule has 6 rings (SSSR count). The monoisotopic (exact) mass is 511 g/mol. The van der Waals surface area contributed by atoms with Crippen LogP contribution < -0.4 is 10.2 Å². The second kappa shape index (κ2) is 9.17. The van der Waals surface area contributed by atoms with Crippen molar-refractivity contribution in [2.45, 2.75) is 44.9 Å². The van der Waals surface area contributed by atoms with Crippen molar-refractivity contribution in [2.75, 3.05) is 4.90 Å². The number of carbonyl (C=O) groups excluding carboxylic acids is 3. The highest BCUT2D eigenvalue weighted by molar-refractivity contribution is 6.16. The third-order valence-electron chi connectivity index (χ3n) is 8.15. The van der Waals surface area contributed by atoms with E-state index in [1.54, 1.807) is 23.1 Å². The van der Waals surface area contributed by atoms with Gasteiger partial charge in [-0.3, -0.25) is 24.6 Å². The van der Waals surface area contributed by atoms with Gasteiger partial charge in [0.25, 0.3) is 5.91 Å². The molecule has 0 aliphatic carbocycles. The first kappa shape index (κ1) is 24.5. The van der Waals surface area contributed by atoms with Crippen LogP contribution in [0.1, 0.15) is 37.0 Å². The van der Waals surface area contributed by atoms with Crippen molar-refractivity contribution in [1.82, 2.24) is 10.2 Å². The van der Waals surface area contributed by atoms with Gasteiger partial charge in [0, 0.05) is 22.9 Å². The maximum absolute atomic E-state index is 14.6. The van der Waals surface area contributed by atoms with Gasteiger partial charge in [-0.05, 0) is 30.0 Å². The molecule has 38 heavy (non-hydrogen) atoms. The van der Waals surface area contributed by atoms with Crippen LogP contribution in [0.2, 0.25) is 0 Å². The lowest BCUT2D eigenvalue weighted by Crippen LogP contribution is -2.55. The van der Waals surface area contributed by atoms with Gasteiger partial charge in [0.2, 0.25) is 11.8 Å². The predicted octanol–water partition coefficient (Wildman–Crippen LogP) is 4.39. The topological polar surface area (TPSA) is 69.7 Å². The Morgan fingerprint density at radius 2 is 1.53 bits per heavy atom. The number of rotatable bonds is 6. The van der Waals surface area contributed by atoms with Crippen molar-refractivity contribution < 1.29 is 18.8 Å². The van der Waals surface area contributed by atoms with E-state index in [9.17, 15) is 18.8 Å². The first-order valence-corrected chi connectivity index (χ1v) is 13.1. The van der Waals surface area contributed by atoms with Gasteiger partial charge in [-0.25, -0.2) is 4.39 Å². The Bertz CT molecular complexity index is 1420. The number of amides is 3. The van der Waals surface area contributed by atoms with Crippen molar-refractivity contribution >= 4 is 23.4 Å². The number of anilines is 1. The maximum Gasteiger partial charge on any atom is 0.253 e. The number of para-hydroxylation sites is 1. The number of imide groups is 1. The van der Waals surface area contributed by atoms with Crippen LogP contribution in [-0.4, -0.2) is 28.7 Å². The summed E-state index contributed by atoms with van der Waals surface area (Å²) in [5.41, 5.74) is 1.17. The number of nitrogens with one attached hydrogen (secondary N) is 1. The molecule has 2 fully saturated rings. The van der Waals surface area contributed by atoms with Crippen LogP contribution in [0.5, 0.6) is 0 Å². The molecule has 6 nitrogen and oxygen atoms in total. The summed E-state index contributed by atoms with van der Waals surface area (Å²) >= 11 is 0. The summed E-state index contributed by atoms with van der Waals surface area (Å²) in [7, 11) is 0. The number of hydrogen-bond acceptors (Lipinski definition) is 4. The van der Waals surface area contributed by atoms with E-state index >= 15 is 0 Å². The van der Waals surface area contributed by atoms with Crippen molar-refractivity contribution in [3.63, 3.8) is 0 Å². The highest BCUT2D eigenvalue weighted by atomic mass is 19.1. The summed E-state index contributed by atoms with van der Waals surface area (Å²) in [4.78, 5) is 45.3. The Morgan fingerprint density at radius 3 is 2.26 bits per heavy atom. The van der Waals surface area contributed by atoms with Gasteiger partial charge in [0.1, 0.15) is 11.4 Å². The normalized spacial score (nSPS) is 26.1. The van der Waals surface area contributed by atoms with Gasteiger partial charge in [-0.2, -0.15) is 0 Å². The minimum atomic E-state index is -1.38. The Labute approximate surface area is 221 Å². The maximum atomic E-state index is 14.6. The van der Waals surface area contributed by atoms with Crippen molar-refractivity contribution in [3.05, 3.63) is 101 Å². The highest BCUT2D eigenvalue weighted by Gasteiger charge is 2.71. The molecule has 3 heterocycles. The van der Waals surface area contributed by atoms with E-state index in [4.69, 9.17) is 0 Å². The molecule has 2 saturated heterocycles. The average Bonchev–Trinajstić information content (AvgIpc) is 3.45. The van der Waals surface area contributed by atoms with E-state index in [0.717, 1.165) is 5.56 Å². The van der Waals surface area contributed by atoms with E-state index < -0.39 is 23.2 Å². The quantitative estimate of drug-likeness (QED) is 0.499. The average molecular weight is 512 g/mol. The molecule has 0 unspecified atom stereocenters. The third kappa shape index (κ3) is 3.60. The van der Waals surface area contributed by atoms with Crippen molar-refractivity contribution in [3.8, 4) is 0 Å². The molecule has 7 heteroatoms. The van der Waals surface area contributed by atoms with Crippen LogP contribution in [0.25, 0.3) is 0 Å². The smallest absolute Gasteiger partial charge is 0.253 e. The lowest BCUT2D eigenvalue weighted by molar-refractivity contribution is -0.143. The molecule has 0 aromatic heterocycles. The number of likely N-dealkylation sites (tertiary alicyclic amines) is 1. The molecule has 0 radical (unpaired) electrons. The largest absolute Gasteiger partial charge is 0.306 e. The standard InChI is InChI=1S/C31H30FN3O3/c1-19(2)16-24-26-27(29(37)35(28(26)36)17-20-10-4-3-5-11-20)31(33-24)22-13-7-9-15-25(22)34(30(31)38)18-21-12-6-8-14-23(21)32/h3-15,19,24,26-27,33H,16-18H2,1-2H3/t24-,26+,27+,31+/m1/s1. The summed E-state index contributed by atoms with van der Waals surface area (Å²) in [6, 6.07) is 22.8. The van der Waals surface area contributed by atoms with E-state index in [0.29, 0.717) is 23.2 Å². The van der Waals surface area contributed by atoms with Crippen LogP contribution in [-0.2, 0) is 33.0 Å². The summed E-state index contributed by atoms with van der Waals surface area (Å²) in [6.45, 7) is 4.35. The van der Waals surface area contributed by atoms with Crippen LogP contribution in [0.15, 0.2) is 78.9 Å². The van der Waals surface area contributed by atoms with Gasteiger partial charge >= 0.3 is 0 Å². The Kier molecular flexibility index (Phi) is 5.91. The summed E-state index contributed by atoms with van der Waals surface area (Å²) in [5.74, 6) is -2.56. The van der Waals surface area contributed by atoms with E-state index in [-0.39, 0.29) is 42.8 Å². The van der Waals surface area contributed by atoms with E-state index in [1.807, 2.05) is 54.6 Å². The molecule has 1 spiro atoms. The minimum absolute atomic E-state index is 0.0358. The fourth-order valence-corrected chi connectivity index (χ4v) is 6.59. The number of halogens is 1. The summed E-state index contributed by atoms with van der Waals surface area (Å²) in [6.07, 6.45) is 0.643. The van der Waals surface area contributed by atoms with Crippen molar-refractivity contribution in [1.29, 1.82) is 0 Å². The van der Waals surface area contributed by atoms with Crippen molar-refractivity contribution in [2.24, 2.45) is 17.8 Å². The van der Waals surface area contributed by atoms with Gasteiger partial charge in [0.15, 0.2) is 0 Å². The number of fused-ring (bicyclic) bond motifs is 4. The SMILES string of the molecule is CC(C)C[C@H]1N[C@]2(C(=O)N(Cc3ccccc3F)c3ccccc32)[C@@H]2C(=O)N(Cc3ccccc3)C(=O)[C@H]21. The fourth-order valence-electron chi connectivity index (χ4n) is 6.59. The molecular weight excluding hydrogens is 481 g/mol. The van der Waals surface area contributed by atoms with Crippen LogP contribution in [0, 0.1) is 23.6 Å². The molecule has 0 saturated carbocycles. The van der Waals surface area contributed by atoms with Crippen LogP contribution >= 0.6 is 0 Å². The Morgan fingerprint density at radius 1 is 0.842 bits per heavy atom. The van der Waals surface area contributed by atoms with E-state index in [2.05, 4.69) is 19.2 Å². The number of benzene rings is 3. The van der Waals surface area contributed by atoms with Gasteiger partial charge in [-0.1, -0.05) is 80.6 Å². The number of carbonyl (C=O) groups is 3. The molecule has 3 aliphatic rings. The molecule has 3 aromatic carbocycles. The Hall–Kier alpha value is -3.84. The zero-order chi connectivity index (χ0) is 26.6. The number of hydrogen-bond donors (Lipinski definition) is 1. The summed E-state index contributed by atoms with van der Waals surface area (Å²) < 4.78 is 14.6. The molecule has 3 aliphatic heterocycles. The minimum Gasteiger partial charge on any atom is -0.306 e. The lowest BCUT2D eigenvalue weighted by atomic mass is 9.76. The Balaban J connectivity index is 1.45. The zero-order valence-electron chi connectivity index (χ0n) is 21.4. The first-order valence-electron chi connectivity index (χ1n) is 13.1. The van der Waals surface area contributed by atoms with Crippen LogP contribution in [0.4, 0.5) is 10.1 Å². The fraction of sp³-hybridized carbons (Fsp3) is 0.323. The zero-order valence-corrected chi connectivity index (χ0v) is 21.4. The third-order valence-corrected chi connectivity index (χ3v) is 8.15. The lowest BCUT2D eigenvalue weighted by Gasteiger charge is -2.31. The second-order valence-corrected chi connectivity index (χ2v) is 10.9. The van der Waals surface area contributed by atoms with Crippen LogP contribution in [0.3, 0.4) is 0 Å². The first-order chi connectivity index (χ1) is 18.3. The van der Waals surface area contributed by atoms with Gasteiger partial charge in [-0.15, -0.1) is 0 Å². The summed E-state index contributed by atoms with van der Waals surface area (Å²) in [5, 5.41) is 3.53. The molecular formula is C31H30FN3O3. The molecule has 3 aromatic rings.